The quantitative estimate of drug-likeness (QED) is 0.604. The van der Waals surface area contributed by atoms with Crippen LogP contribution in [0.3, 0.4) is 0 Å². The second kappa shape index (κ2) is 7.34. The minimum absolute atomic E-state index is 0.0117. The number of nitrogens with one attached hydrogen (secondary N) is 1. The van der Waals surface area contributed by atoms with Gasteiger partial charge in [-0.1, -0.05) is 31.8 Å². The summed E-state index contributed by atoms with van der Waals surface area (Å²) in [5.74, 6) is -0.190. The van der Waals surface area contributed by atoms with Crippen LogP contribution < -0.4 is 10.1 Å². The smallest absolute Gasteiger partial charge is 0.310 e. The number of rotatable bonds is 5. The Labute approximate surface area is 156 Å². The predicted octanol–water partition coefficient (Wildman–Crippen LogP) is 1.15. The highest BCUT2D eigenvalue weighted by Gasteiger charge is 2.39. The molecule has 27 heavy (non-hydrogen) atoms. The number of aliphatic hydroxyl groups excluding tert-OH is 1. The molecule has 4 unspecified atom stereocenters. The number of carbonyl (C=O) groups is 1. The second-order valence-corrected chi connectivity index (χ2v) is 7.50. The molecule has 146 valence electrons. The zero-order valence-electron chi connectivity index (χ0n) is 16.0. The van der Waals surface area contributed by atoms with Crippen molar-refractivity contribution in [1.29, 1.82) is 0 Å². The molecule has 7 nitrogen and oxygen atoms in total. The van der Waals surface area contributed by atoms with E-state index in [4.69, 9.17) is 0 Å². The first-order valence-electron chi connectivity index (χ1n) is 9.27. The number of alkyl halides is 1. The highest BCUT2D eigenvalue weighted by atomic mass is 19.1. The first-order chi connectivity index (χ1) is 12.7. The number of aromatic amines is 1. The molecule has 2 aromatic heterocycles. The Hall–Kier alpha value is -2.35. The number of nitrogens with zero attached hydrogens (tertiary/aromatic N) is 3. The van der Waals surface area contributed by atoms with Gasteiger partial charge in [-0.15, -0.1) is 0 Å². The van der Waals surface area contributed by atoms with Gasteiger partial charge in [-0.05, 0) is 12.5 Å². The van der Waals surface area contributed by atoms with Crippen molar-refractivity contribution in [3.63, 3.8) is 0 Å². The number of allylic oxidation sites excluding steroid dienone is 1. The maximum absolute atomic E-state index is 14.9. The maximum atomic E-state index is 14.9. The van der Waals surface area contributed by atoms with Gasteiger partial charge >= 0.3 is 5.65 Å². The summed E-state index contributed by atoms with van der Waals surface area (Å²) in [6, 6.07) is -0.769. The van der Waals surface area contributed by atoms with Gasteiger partial charge in [-0.25, -0.2) is 8.96 Å². The molecule has 0 bridgehead atoms. The summed E-state index contributed by atoms with van der Waals surface area (Å²) in [5, 5.41) is 10.3. The van der Waals surface area contributed by atoms with E-state index in [1.165, 1.54) is 0 Å². The minimum atomic E-state index is -1.52. The number of hydrogen-bond donors (Lipinski definition) is 2. The van der Waals surface area contributed by atoms with E-state index in [0.717, 1.165) is 0 Å². The van der Waals surface area contributed by atoms with Gasteiger partial charge in [0.2, 0.25) is 5.52 Å². The van der Waals surface area contributed by atoms with E-state index in [0.29, 0.717) is 17.6 Å². The molecule has 2 heterocycles. The van der Waals surface area contributed by atoms with Gasteiger partial charge in [-0.2, -0.15) is 0 Å². The number of ketones is 1. The molecule has 0 amide bonds. The number of aromatic nitrogens is 4. The molecular weight excluding hydrogens is 351 g/mol. The molecular formula is C19H26FN4O3+. The van der Waals surface area contributed by atoms with Crippen LogP contribution in [-0.2, 0) is 18.3 Å². The lowest BCUT2D eigenvalue weighted by atomic mass is 9.86. The minimum Gasteiger partial charge on any atom is -0.389 e. The van der Waals surface area contributed by atoms with Crippen molar-refractivity contribution in [2.75, 3.05) is 0 Å². The van der Waals surface area contributed by atoms with Crippen LogP contribution in [0.15, 0.2) is 23.3 Å². The molecule has 1 aliphatic carbocycles. The van der Waals surface area contributed by atoms with Gasteiger partial charge in [0.25, 0.3) is 5.56 Å². The van der Waals surface area contributed by atoms with E-state index in [-0.39, 0.29) is 35.4 Å². The van der Waals surface area contributed by atoms with Gasteiger partial charge in [0.1, 0.15) is 11.8 Å². The number of aryl methyl sites for hydroxylation is 1. The van der Waals surface area contributed by atoms with E-state index in [1.807, 2.05) is 13.0 Å². The molecule has 3 rings (SSSR count). The summed E-state index contributed by atoms with van der Waals surface area (Å²) in [7, 11) is 1.68. The lowest BCUT2D eigenvalue weighted by Crippen LogP contribution is -2.50. The second-order valence-electron chi connectivity index (χ2n) is 7.50. The van der Waals surface area contributed by atoms with Crippen molar-refractivity contribution in [2.45, 2.75) is 51.9 Å². The summed E-state index contributed by atoms with van der Waals surface area (Å²) in [5.41, 5.74) is 0.214. The van der Waals surface area contributed by atoms with Crippen molar-refractivity contribution in [2.24, 2.45) is 18.9 Å². The standard InChI is InChI=1S/C19H25FN4O3/c1-5-11-6-7-12(15(20)17(11)26)24-9-23(4)16-18(24)21-14(22-19(16)27)8-13(25)10(2)3/h6-7,9-12,15,17,26H,5,8H2,1-4H3/p+1. The normalized spacial score (nSPS) is 25.4. The molecule has 2 aromatic rings. The van der Waals surface area contributed by atoms with Gasteiger partial charge in [-0.3, -0.25) is 19.1 Å². The number of imidazole rings is 1. The van der Waals surface area contributed by atoms with Crippen LogP contribution in [0.1, 0.15) is 39.1 Å². The lowest BCUT2D eigenvalue weighted by Gasteiger charge is -2.30. The number of hydrogen-bond acceptors (Lipinski definition) is 4. The number of halogens is 1. The van der Waals surface area contributed by atoms with E-state index < -0.39 is 18.3 Å². The molecule has 0 saturated heterocycles. The van der Waals surface area contributed by atoms with Gasteiger partial charge in [0.05, 0.1) is 19.6 Å². The van der Waals surface area contributed by atoms with Gasteiger partial charge in [0.15, 0.2) is 18.3 Å². The van der Waals surface area contributed by atoms with Crippen LogP contribution in [-0.4, -0.2) is 37.7 Å². The molecule has 1 aliphatic rings. The largest absolute Gasteiger partial charge is 0.389 e. The van der Waals surface area contributed by atoms with Gasteiger partial charge in [0, 0.05) is 11.8 Å². The Morgan fingerprint density at radius 3 is 2.78 bits per heavy atom. The SMILES string of the molecule is CCC1C=CC([n+]2cn(C)c3c(=O)[nH]c(CC(=O)C(C)C)nc32)C(F)C1O. The van der Waals surface area contributed by atoms with Crippen molar-refractivity contribution < 1.29 is 18.9 Å². The molecule has 0 spiro atoms. The van der Waals surface area contributed by atoms with E-state index in [2.05, 4.69) is 9.97 Å². The average Bonchev–Trinajstić information content (AvgIpc) is 2.94. The van der Waals surface area contributed by atoms with Crippen LogP contribution in [0.5, 0.6) is 0 Å². The summed E-state index contributed by atoms with van der Waals surface area (Å²) < 4.78 is 18.1. The highest BCUT2D eigenvalue weighted by Crippen LogP contribution is 2.28. The van der Waals surface area contributed by atoms with Crippen molar-refractivity contribution in [3.05, 3.63) is 34.7 Å². The fourth-order valence-corrected chi connectivity index (χ4v) is 3.51. The van der Waals surface area contributed by atoms with Gasteiger partial charge < -0.3 is 5.11 Å². The van der Waals surface area contributed by atoms with E-state index in [9.17, 15) is 19.1 Å². The summed E-state index contributed by atoms with van der Waals surface area (Å²) in [6.45, 7) is 5.47. The average molecular weight is 377 g/mol. The Morgan fingerprint density at radius 2 is 2.15 bits per heavy atom. The lowest BCUT2D eigenvalue weighted by molar-refractivity contribution is -0.697. The van der Waals surface area contributed by atoms with Crippen LogP contribution in [0.4, 0.5) is 4.39 Å². The number of aliphatic hydroxyl groups is 1. The molecule has 2 N–H and O–H groups in total. The first-order valence-corrected chi connectivity index (χ1v) is 9.27. The number of H-pyrrole nitrogens is 1. The maximum Gasteiger partial charge on any atom is 0.310 e. The molecule has 8 heteroatoms. The predicted molar refractivity (Wildman–Crippen MR) is 97.9 cm³/mol. The Balaban J connectivity index is 2.10. The van der Waals surface area contributed by atoms with Crippen LogP contribution in [0, 0.1) is 11.8 Å². The molecule has 0 aromatic carbocycles. The Bertz CT molecular complexity index is 946. The van der Waals surface area contributed by atoms with E-state index >= 15 is 0 Å². The monoisotopic (exact) mass is 377 g/mol. The molecule has 0 radical (unpaired) electrons. The molecule has 0 fully saturated rings. The van der Waals surface area contributed by atoms with Crippen molar-refractivity contribution in [1.82, 2.24) is 14.5 Å². The zero-order valence-corrected chi connectivity index (χ0v) is 16.0. The van der Waals surface area contributed by atoms with Crippen LogP contribution in [0.2, 0.25) is 0 Å². The van der Waals surface area contributed by atoms with Crippen molar-refractivity contribution >= 4 is 16.9 Å². The summed E-state index contributed by atoms with van der Waals surface area (Å²) in [6.07, 6.45) is 3.15. The van der Waals surface area contributed by atoms with E-state index in [1.54, 1.807) is 42.4 Å². The highest BCUT2D eigenvalue weighted by molar-refractivity contribution is 5.82. The van der Waals surface area contributed by atoms with Crippen LogP contribution >= 0.6 is 0 Å². The number of carbonyl (C=O) groups excluding carboxylic acids is 1. The topological polar surface area (TPSA) is 91.9 Å². The first kappa shape index (κ1) is 19.4. The third-order valence-electron chi connectivity index (χ3n) is 5.25. The number of Topliss-reactive ketones (excluding diaryl/α,β-unsaturated/α-hetero) is 1. The third kappa shape index (κ3) is 3.45. The summed E-state index contributed by atoms with van der Waals surface area (Å²) in [4.78, 5) is 31.6. The Kier molecular flexibility index (Phi) is 5.28. The van der Waals surface area contributed by atoms with Crippen molar-refractivity contribution in [3.8, 4) is 0 Å². The molecule has 0 aliphatic heterocycles. The third-order valence-corrected chi connectivity index (χ3v) is 5.25. The fraction of sp³-hybridized carbons (Fsp3) is 0.579. The Morgan fingerprint density at radius 1 is 1.44 bits per heavy atom. The zero-order chi connectivity index (χ0) is 19.9. The fourth-order valence-electron chi connectivity index (χ4n) is 3.51. The van der Waals surface area contributed by atoms with Crippen LogP contribution in [0.25, 0.3) is 11.2 Å². The number of fused-ring (bicyclic) bond motifs is 1. The molecule has 0 saturated carbocycles. The molecule has 4 atom stereocenters. The summed E-state index contributed by atoms with van der Waals surface area (Å²) >= 11 is 0.